The maximum atomic E-state index is 14.6. The van der Waals surface area contributed by atoms with Crippen molar-refractivity contribution >= 4 is 50.7 Å². The molecule has 0 aliphatic carbocycles. The maximum Gasteiger partial charge on any atom is 0.264 e. The van der Waals surface area contributed by atoms with Crippen LogP contribution in [0.25, 0.3) is 0 Å². The van der Waals surface area contributed by atoms with E-state index in [-0.39, 0.29) is 39.5 Å². The number of sulfonamides is 1. The molecule has 0 saturated carbocycles. The smallest absolute Gasteiger partial charge is 0.264 e. The number of carbonyl (C=O) groups excluding carboxylic acids is 2. The Morgan fingerprint density at radius 1 is 0.848 bits per heavy atom. The van der Waals surface area contributed by atoms with Gasteiger partial charge in [-0.05, 0) is 81.6 Å². The molecular weight excluding hydrogens is 641 g/mol. The van der Waals surface area contributed by atoms with E-state index in [4.69, 9.17) is 23.2 Å². The van der Waals surface area contributed by atoms with Crippen LogP contribution in [0.1, 0.15) is 43.0 Å². The largest absolute Gasteiger partial charge is 0.350 e. The number of halogens is 2. The Hall–Kier alpha value is -3.85. The number of benzene rings is 4. The van der Waals surface area contributed by atoms with Gasteiger partial charge in [0.15, 0.2) is 0 Å². The van der Waals surface area contributed by atoms with Crippen LogP contribution in [0.4, 0.5) is 5.69 Å². The van der Waals surface area contributed by atoms with Crippen molar-refractivity contribution in [3.63, 3.8) is 0 Å². The molecule has 242 valence electrons. The van der Waals surface area contributed by atoms with Crippen molar-refractivity contribution in [3.05, 3.63) is 129 Å². The van der Waals surface area contributed by atoms with Gasteiger partial charge in [0.1, 0.15) is 12.6 Å². The van der Waals surface area contributed by atoms with E-state index in [1.807, 2.05) is 89.2 Å². The fourth-order valence-corrected chi connectivity index (χ4v) is 6.87. The Morgan fingerprint density at radius 2 is 1.48 bits per heavy atom. The topological polar surface area (TPSA) is 86.8 Å². The van der Waals surface area contributed by atoms with E-state index in [0.717, 1.165) is 26.6 Å². The van der Waals surface area contributed by atoms with Gasteiger partial charge in [0.2, 0.25) is 11.8 Å². The third kappa shape index (κ3) is 8.90. The van der Waals surface area contributed by atoms with Crippen molar-refractivity contribution in [2.75, 3.05) is 10.8 Å². The molecule has 2 amide bonds. The highest BCUT2D eigenvalue weighted by Gasteiger charge is 2.36. The highest BCUT2D eigenvalue weighted by atomic mass is 35.5. The lowest BCUT2D eigenvalue weighted by molar-refractivity contribution is -0.140. The van der Waals surface area contributed by atoms with Crippen LogP contribution in [0.15, 0.2) is 102 Å². The SMILES string of the molecule is Cc1ccc(S(=O)(=O)N(CC(=O)N(Cc2ccccc2C)C(Cc2ccccc2)C(=O)NC(C)(C)C)c2cc(Cl)ccc2Cl)cc1. The van der Waals surface area contributed by atoms with Crippen LogP contribution in [-0.4, -0.2) is 43.3 Å². The molecule has 0 spiro atoms. The first-order chi connectivity index (χ1) is 21.7. The zero-order valence-electron chi connectivity index (χ0n) is 26.6. The summed E-state index contributed by atoms with van der Waals surface area (Å²) in [5.41, 5.74) is 2.95. The molecule has 0 heterocycles. The van der Waals surface area contributed by atoms with Gasteiger partial charge in [-0.1, -0.05) is 95.5 Å². The number of hydrogen-bond acceptors (Lipinski definition) is 4. The van der Waals surface area contributed by atoms with E-state index in [0.29, 0.717) is 0 Å². The molecule has 1 unspecified atom stereocenters. The Balaban J connectivity index is 1.86. The van der Waals surface area contributed by atoms with Gasteiger partial charge in [-0.3, -0.25) is 13.9 Å². The minimum absolute atomic E-state index is 0.0151. The molecule has 1 atom stereocenters. The molecule has 0 aliphatic rings. The van der Waals surface area contributed by atoms with Crippen LogP contribution in [0, 0.1) is 13.8 Å². The minimum atomic E-state index is -4.31. The van der Waals surface area contributed by atoms with Gasteiger partial charge in [0, 0.05) is 23.5 Å². The molecule has 0 saturated heterocycles. The van der Waals surface area contributed by atoms with Gasteiger partial charge in [-0.2, -0.15) is 0 Å². The van der Waals surface area contributed by atoms with E-state index in [1.165, 1.54) is 29.2 Å². The third-order valence-corrected chi connectivity index (χ3v) is 9.76. The number of amides is 2. The third-order valence-electron chi connectivity index (χ3n) is 7.44. The van der Waals surface area contributed by atoms with Gasteiger partial charge in [0.25, 0.3) is 10.0 Å². The number of anilines is 1. The molecule has 4 aromatic rings. The molecule has 7 nitrogen and oxygen atoms in total. The molecule has 10 heteroatoms. The van der Waals surface area contributed by atoms with Gasteiger partial charge in [-0.25, -0.2) is 8.42 Å². The average Bonchev–Trinajstić information content (AvgIpc) is 2.99. The summed E-state index contributed by atoms with van der Waals surface area (Å²) in [4.78, 5) is 30.1. The van der Waals surface area contributed by atoms with Gasteiger partial charge >= 0.3 is 0 Å². The Kier molecular flexibility index (Phi) is 11.2. The van der Waals surface area contributed by atoms with E-state index < -0.39 is 34.1 Å². The van der Waals surface area contributed by atoms with E-state index in [2.05, 4.69) is 5.32 Å². The molecule has 0 aliphatic heterocycles. The van der Waals surface area contributed by atoms with Crippen molar-refractivity contribution < 1.29 is 18.0 Å². The summed E-state index contributed by atoms with van der Waals surface area (Å²) < 4.78 is 29.4. The summed E-state index contributed by atoms with van der Waals surface area (Å²) in [5, 5.41) is 3.39. The molecule has 4 aromatic carbocycles. The van der Waals surface area contributed by atoms with Crippen LogP contribution in [0.5, 0.6) is 0 Å². The second kappa shape index (κ2) is 14.7. The van der Waals surface area contributed by atoms with Crippen LogP contribution >= 0.6 is 23.2 Å². The van der Waals surface area contributed by atoms with Crippen LogP contribution in [0.2, 0.25) is 10.0 Å². The molecule has 1 N–H and O–H groups in total. The van der Waals surface area contributed by atoms with Crippen LogP contribution < -0.4 is 9.62 Å². The lowest BCUT2D eigenvalue weighted by Gasteiger charge is -2.35. The lowest BCUT2D eigenvalue weighted by Crippen LogP contribution is -2.56. The number of rotatable bonds is 11. The number of nitrogens with one attached hydrogen (secondary N) is 1. The molecule has 0 bridgehead atoms. The highest BCUT2D eigenvalue weighted by Crippen LogP contribution is 2.33. The van der Waals surface area contributed by atoms with E-state index >= 15 is 0 Å². The van der Waals surface area contributed by atoms with Gasteiger partial charge < -0.3 is 10.2 Å². The Bertz CT molecular complexity index is 1790. The van der Waals surface area contributed by atoms with Crippen molar-refractivity contribution in [3.8, 4) is 0 Å². The zero-order valence-corrected chi connectivity index (χ0v) is 29.0. The quantitative estimate of drug-likeness (QED) is 0.179. The summed E-state index contributed by atoms with van der Waals surface area (Å²) >= 11 is 12.9. The van der Waals surface area contributed by atoms with Crippen molar-refractivity contribution in [2.24, 2.45) is 0 Å². The summed E-state index contributed by atoms with van der Waals surface area (Å²) in [6, 6.07) is 26.8. The first kappa shape index (κ1) is 35.0. The fraction of sp³-hybridized carbons (Fsp3) is 0.278. The first-order valence-electron chi connectivity index (χ1n) is 14.9. The maximum absolute atomic E-state index is 14.6. The Morgan fingerprint density at radius 3 is 2.11 bits per heavy atom. The molecule has 0 radical (unpaired) electrons. The molecular formula is C36H39Cl2N3O4S. The minimum Gasteiger partial charge on any atom is -0.350 e. The van der Waals surface area contributed by atoms with Crippen molar-refractivity contribution in [1.82, 2.24) is 10.2 Å². The summed E-state index contributed by atoms with van der Waals surface area (Å²) in [6.07, 6.45) is 0.211. The van der Waals surface area contributed by atoms with Crippen molar-refractivity contribution in [2.45, 2.75) is 64.1 Å². The van der Waals surface area contributed by atoms with Crippen LogP contribution in [-0.2, 0) is 32.6 Å². The summed E-state index contributed by atoms with van der Waals surface area (Å²) in [6.45, 7) is 8.83. The van der Waals surface area contributed by atoms with Gasteiger partial charge in [0.05, 0.1) is 15.6 Å². The number of nitrogens with zero attached hydrogens (tertiary/aromatic N) is 2. The molecule has 0 fully saturated rings. The second-order valence-corrected chi connectivity index (χ2v) is 15.0. The Labute approximate surface area is 282 Å². The predicted molar refractivity (Wildman–Crippen MR) is 186 cm³/mol. The zero-order chi connectivity index (χ0) is 33.6. The standard InChI is InChI=1S/C36H39Cl2N3O4S/c1-25-15-18-30(19-16-25)46(44,45)41(32-22-29(37)17-20-31(32)38)24-34(42)40(23-28-14-10-9-11-26(28)2)33(35(43)39-36(3,4)5)21-27-12-7-6-8-13-27/h6-20,22,33H,21,23-24H2,1-5H3,(H,39,43). The summed E-state index contributed by atoms with van der Waals surface area (Å²) in [5.74, 6) is -0.938. The number of aryl methyl sites for hydroxylation is 2. The molecule has 46 heavy (non-hydrogen) atoms. The monoisotopic (exact) mass is 679 g/mol. The number of hydrogen-bond donors (Lipinski definition) is 1. The van der Waals surface area contributed by atoms with Crippen LogP contribution in [0.3, 0.4) is 0 Å². The lowest BCUT2D eigenvalue weighted by atomic mass is 10.00. The highest BCUT2D eigenvalue weighted by molar-refractivity contribution is 7.92. The number of carbonyl (C=O) groups is 2. The summed E-state index contributed by atoms with van der Waals surface area (Å²) in [7, 11) is -4.31. The molecule has 4 rings (SSSR count). The average molecular weight is 681 g/mol. The van der Waals surface area contributed by atoms with E-state index in [1.54, 1.807) is 18.2 Å². The van der Waals surface area contributed by atoms with Gasteiger partial charge in [-0.15, -0.1) is 0 Å². The predicted octanol–water partition coefficient (Wildman–Crippen LogP) is 7.36. The molecule has 0 aromatic heterocycles. The fourth-order valence-electron chi connectivity index (χ4n) is 5.01. The second-order valence-electron chi connectivity index (χ2n) is 12.3. The first-order valence-corrected chi connectivity index (χ1v) is 17.1. The van der Waals surface area contributed by atoms with Crippen molar-refractivity contribution in [1.29, 1.82) is 0 Å². The normalized spacial score (nSPS) is 12.3. The van der Waals surface area contributed by atoms with E-state index in [9.17, 15) is 18.0 Å².